The lowest BCUT2D eigenvalue weighted by atomic mass is 9.65. The molecule has 1 aromatic heterocycles. The first-order chi connectivity index (χ1) is 19.7. The number of nitrogens with zero attached hydrogens (tertiary/aromatic N) is 2. The van der Waals surface area contributed by atoms with E-state index in [9.17, 15) is 49.1 Å². The molecule has 3 N–H and O–H groups in total. The van der Waals surface area contributed by atoms with Crippen LogP contribution in [-0.2, 0) is 38.6 Å². The molecule has 17 heteroatoms. The normalized spacial score (nSPS) is 20.0. The molecule has 2 unspecified atom stereocenters. The molecule has 0 fully saturated rings. The summed E-state index contributed by atoms with van der Waals surface area (Å²) in [6.45, 7) is 2.14. The van der Waals surface area contributed by atoms with Crippen molar-refractivity contribution in [2.24, 2.45) is 11.7 Å². The van der Waals surface area contributed by atoms with Gasteiger partial charge in [0.05, 0.1) is 6.54 Å². The molecule has 1 aliphatic rings. The number of amides is 2. The molecule has 1 heterocycles. The summed E-state index contributed by atoms with van der Waals surface area (Å²) in [6, 6.07) is 2.82. The van der Waals surface area contributed by atoms with Crippen LogP contribution in [0.2, 0.25) is 0 Å². The molecule has 0 spiro atoms. The van der Waals surface area contributed by atoms with Crippen molar-refractivity contribution < 1.29 is 53.8 Å². The summed E-state index contributed by atoms with van der Waals surface area (Å²) >= 11 is 1.34. The van der Waals surface area contributed by atoms with Crippen LogP contribution in [0, 0.1) is 12.8 Å². The zero-order valence-corrected chi connectivity index (χ0v) is 23.4. The Balaban J connectivity index is 2.13. The van der Waals surface area contributed by atoms with E-state index < -0.39 is 71.6 Å². The van der Waals surface area contributed by atoms with E-state index in [1.54, 1.807) is 13.2 Å². The number of carbonyl (C=O) groups excluding carboxylic acids is 2. The first kappa shape index (κ1) is 33.9. The molecule has 3 atom stereocenters. The lowest BCUT2D eigenvalue weighted by Gasteiger charge is -2.39. The average Bonchev–Trinajstić information content (AvgIpc) is 3.28. The van der Waals surface area contributed by atoms with E-state index >= 15 is 0 Å². The zero-order valence-electron chi connectivity index (χ0n) is 22.6. The van der Waals surface area contributed by atoms with Crippen LogP contribution in [0.4, 0.5) is 39.5 Å². The van der Waals surface area contributed by atoms with Gasteiger partial charge < -0.3 is 15.8 Å². The summed E-state index contributed by atoms with van der Waals surface area (Å²) in [5.74, 6) is -4.78. The Morgan fingerprint density at radius 2 is 1.77 bits per heavy atom. The van der Waals surface area contributed by atoms with Gasteiger partial charge in [-0.3, -0.25) is 14.3 Å². The highest BCUT2D eigenvalue weighted by Gasteiger charge is 2.54. The summed E-state index contributed by atoms with van der Waals surface area (Å²) < 4.78 is 124. The van der Waals surface area contributed by atoms with Crippen molar-refractivity contribution in [2.75, 3.05) is 12.0 Å². The SMILES string of the molecule is CSC[C@H](C)NC(=O)C1C(OC(F)(F)F)=CC=CC1(C(N)=O)c1ccc(Cn2nc(C(F)(F)F)cc2C(F)(F)F)cc1C. The van der Waals surface area contributed by atoms with E-state index in [0.717, 1.165) is 30.4 Å². The molecule has 0 radical (unpaired) electrons. The summed E-state index contributed by atoms with van der Waals surface area (Å²) in [6.07, 6.45) is -10.8. The highest BCUT2D eigenvalue weighted by molar-refractivity contribution is 7.98. The molecule has 3 rings (SSSR count). The summed E-state index contributed by atoms with van der Waals surface area (Å²) in [5.41, 5.74) is 0.0528. The summed E-state index contributed by atoms with van der Waals surface area (Å²) in [7, 11) is 0. The number of aromatic nitrogens is 2. The third-order valence-corrected chi connectivity index (χ3v) is 7.33. The van der Waals surface area contributed by atoms with Crippen molar-refractivity contribution in [2.45, 2.75) is 50.6 Å². The predicted molar refractivity (Wildman–Crippen MR) is 137 cm³/mol. The van der Waals surface area contributed by atoms with Crippen LogP contribution >= 0.6 is 11.8 Å². The minimum Gasteiger partial charge on any atom is -0.409 e. The van der Waals surface area contributed by atoms with E-state index in [-0.39, 0.29) is 27.4 Å². The number of halogens is 9. The Morgan fingerprint density at radius 1 is 1.12 bits per heavy atom. The van der Waals surface area contributed by atoms with Gasteiger partial charge in [0, 0.05) is 17.9 Å². The number of thioether (sulfide) groups is 1. The topological polar surface area (TPSA) is 99.2 Å². The minimum absolute atomic E-state index is 0.000106. The maximum Gasteiger partial charge on any atom is 0.572 e. The van der Waals surface area contributed by atoms with Gasteiger partial charge in [-0.2, -0.15) is 43.2 Å². The number of nitrogens with one attached hydrogen (secondary N) is 1. The van der Waals surface area contributed by atoms with Gasteiger partial charge in [-0.1, -0.05) is 30.4 Å². The molecule has 0 saturated heterocycles. The van der Waals surface area contributed by atoms with Crippen LogP contribution in [0.15, 0.2) is 48.3 Å². The zero-order chi connectivity index (χ0) is 32.5. The smallest absolute Gasteiger partial charge is 0.409 e. The molecule has 7 nitrogen and oxygen atoms in total. The van der Waals surface area contributed by atoms with Gasteiger partial charge in [-0.15, -0.1) is 13.2 Å². The van der Waals surface area contributed by atoms with Crippen LogP contribution in [0.25, 0.3) is 0 Å². The number of ether oxygens (including phenoxy) is 1. The quantitative estimate of drug-likeness (QED) is 0.353. The lowest BCUT2D eigenvalue weighted by Crippen LogP contribution is -2.55. The molecule has 0 saturated carbocycles. The average molecular weight is 645 g/mol. The lowest BCUT2D eigenvalue weighted by molar-refractivity contribution is -0.308. The minimum atomic E-state index is -5.25. The maximum absolute atomic E-state index is 13.5. The van der Waals surface area contributed by atoms with Gasteiger partial charge in [0.15, 0.2) is 5.69 Å². The van der Waals surface area contributed by atoms with Gasteiger partial charge in [0.25, 0.3) is 0 Å². The first-order valence-electron chi connectivity index (χ1n) is 12.3. The molecule has 0 aliphatic heterocycles. The second-order valence-corrected chi connectivity index (χ2v) is 10.6. The number of allylic oxidation sites excluding steroid dienone is 2. The molecule has 2 aromatic rings. The number of alkyl halides is 9. The van der Waals surface area contributed by atoms with E-state index in [4.69, 9.17) is 5.73 Å². The van der Waals surface area contributed by atoms with Crippen LogP contribution < -0.4 is 11.1 Å². The molecule has 43 heavy (non-hydrogen) atoms. The van der Waals surface area contributed by atoms with Crippen LogP contribution in [0.5, 0.6) is 0 Å². The molecule has 236 valence electrons. The highest BCUT2D eigenvalue weighted by atomic mass is 32.2. The monoisotopic (exact) mass is 644 g/mol. The second kappa shape index (κ2) is 12.2. The number of carbonyl (C=O) groups is 2. The Morgan fingerprint density at radius 3 is 2.28 bits per heavy atom. The van der Waals surface area contributed by atoms with Crippen molar-refractivity contribution in [1.82, 2.24) is 15.1 Å². The number of primary amides is 1. The molecule has 1 aliphatic carbocycles. The molecular weight excluding hydrogens is 619 g/mol. The summed E-state index contributed by atoms with van der Waals surface area (Å²) in [5, 5.41) is 5.59. The van der Waals surface area contributed by atoms with Crippen LogP contribution in [-0.4, -0.2) is 46.0 Å². The van der Waals surface area contributed by atoms with Crippen LogP contribution in [0.3, 0.4) is 0 Å². The van der Waals surface area contributed by atoms with Gasteiger partial charge in [0.2, 0.25) is 11.8 Å². The molecule has 1 aromatic carbocycles. The third kappa shape index (κ3) is 7.48. The molecular formula is C26H25F9N4O3S. The summed E-state index contributed by atoms with van der Waals surface area (Å²) in [4.78, 5) is 26.5. The standard InChI is InChI=1S/C26H25F9N4O3S/c1-13-9-15(11-39-19(25(30,31)32)10-18(38-39)24(27,28)29)6-7-16(13)23(22(36)41)8-4-5-17(42-26(33,34)35)20(23)21(40)37-14(2)12-43-3/h4-10,14,20H,11-12H2,1-3H3,(H2,36,41)(H,37,40)/t14-,20?,23?/m0/s1. The first-order valence-corrected chi connectivity index (χ1v) is 13.7. The number of aryl methyl sites for hydroxylation is 1. The molecule has 0 bridgehead atoms. The van der Waals surface area contributed by atoms with Crippen molar-refractivity contribution in [3.8, 4) is 0 Å². The fourth-order valence-electron chi connectivity index (χ4n) is 4.86. The largest absolute Gasteiger partial charge is 0.572 e. The van der Waals surface area contributed by atoms with Crippen molar-refractivity contribution in [1.29, 1.82) is 0 Å². The highest BCUT2D eigenvalue weighted by Crippen LogP contribution is 2.45. The fraction of sp³-hybridized carbons (Fsp3) is 0.423. The number of hydrogen-bond acceptors (Lipinski definition) is 5. The fourth-order valence-corrected chi connectivity index (χ4v) is 5.44. The van der Waals surface area contributed by atoms with E-state index in [1.165, 1.54) is 24.8 Å². The van der Waals surface area contributed by atoms with Crippen LogP contribution in [0.1, 0.15) is 35.0 Å². The number of benzene rings is 1. The van der Waals surface area contributed by atoms with Crippen molar-refractivity contribution >= 4 is 23.6 Å². The number of nitrogens with two attached hydrogens (primary N) is 1. The van der Waals surface area contributed by atoms with Crippen molar-refractivity contribution in [3.05, 3.63) is 76.3 Å². The van der Waals surface area contributed by atoms with E-state index in [2.05, 4.69) is 15.2 Å². The Bertz CT molecular complexity index is 1430. The maximum atomic E-state index is 13.5. The Kier molecular flexibility index (Phi) is 9.58. The Hall–Kier alpha value is -3.63. The Labute approximate surface area is 243 Å². The van der Waals surface area contributed by atoms with Gasteiger partial charge in [-0.05, 0) is 42.9 Å². The van der Waals surface area contributed by atoms with Gasteiger partial charge >= 0.3 is 18.7 Å². The molecule has 2 amide bonds. The van der Waals surface area contributed by atoms with Crippen molar-refractivity contribution in [3.63, 3.8) is 0 Å². The van der Waals surface area contributed by atoms with E-state index in [1.807, 2.05) is 0 Å². The van der Waals surface area contributed by atoms with Gasteiger partial charge in [-0.25, -0.2) is 0 Å². The van der Waals surface area contributed by atoms with Gasteiger partial charge in [0.1, 0.15) is 22.8 Å². The third-order valence-electron chi connectivity index (χ3n) is 6.50. The second-order valence-electron chi connectivity index (χ2n) is 9.72. The van der Waals surface area contributed by atoms with E-state index in [0.29, 0.717) is 5.75 Å². The number of rotatable bonds is 9. The predicted octanol–water partition coefficient (Wildman–Crippen LogP) is 5.47. The number of hydrogen-bond donors (Lipinski definition) is 2.